The van der Waals surface area contributed by atoms with Crippen molar-refractivity contribution in [1.29, 1.82) is 0 Å². The Morgan fingerprint density at radius 2 is 1.92 bits per heavy atom. The first-order valence-electron chi connectivity index (χ1n) is 9.07. The first-order valence-corrected chi connectivity index (χ1v) is 10.6. The van der Waals surface area contributed by atoms with Gasteiger partial charge < -0.3 is 9.64 Å². The fraction of sp³-hybridized carbons (Fsp3) is 0.611. The standard InChI is InChI=1S/C18H26N2O4S/c21-18(20-10-3-1-2-4-11-20)15-7-5-9-17(13-15)25(22,23)19-14-16-8-6-12-24-16/h5,7,9,13,16,19H,1-4,6,8,10-12,14H2. The van der Waals surface area contributed by atoms with Gasteiger partial charge in [0.05, 0.1) is 11.0 Å². The molecule has 7 heteroatoms. The van der Waals surface area contributed by atoms with E-state index in [4.69, 9.17) is 4.74 Å². The van der Waals surface area contributed by atoms with Crippen LogP contribution in [-0.2, 0) is 14.8 Å². The number of carbonyl (C=O) groups is 1. The zero-order chi connectivity index (χ0) is 17.7. The van der Waals surface area contributed by atoms with Crippen molar-refractivity contribution in [3.05, 3.63) is 29.8 Å². The van der Waals surface area contributed by atoms with Crippen LogP contribution in [0.5, 0.6) is 0 Å². The predicted octanol–water partition coefficient (Wildman–Crippen LogP) is 2.16. The highest BCUT2D eigenvalue weighted by molar-refractivity contribution is 7.89. The molecule has 1 aromatic rings. The molecule has 0 radical (unpaired) electrons. The Hall–Kier alpha value is -1.44. The molecule has 1 N–H and O–H groups in total. The average molecular weight is 366 g/mol. The van der Waals surface area contributed by atoms with Crippen LogP contribution in [0.15, 0.2) is 29.2 Å². The third-order valence-corrected chi connectivity index (χ3v) is 6.23. The van der Waals surface area contributed by atoms with E-state index in [0.717, 1.165) is 51.6 Å². The molecule has 2 aliphatic rings. The molecule has 2 fully saturated rings. The number of hydrogen-bond donors (Lipinski definition) is 1. The number of hydrogen-bond acceptors (Lipinski definition) is 4. The largest absolute Gasteiger partial charge is 0.377 e. The lowest BCUT2D eigenvalue weighted by atomic mass is 10.2. The lowest BCUT2D eigenvalue weighted by molar-refractivity contribution is 0.0761. The summed E-state index contributed by atoms with van der Waals surface area (Å²) in [5.41, 5.74) is 0.432. The summed E-state index contributed by atoms with van der Waals surface area (Å²) in [7, 11) is -3.64. The average Bonchev–Trinajstić information content (AvgIpc) is 3.00. The number of amides is 1. The minimum atomic E-state index is -3.64. The molecule has 1 aromatic carbocycles. The number of likely N-dealkylation sites (tertiary alicyclic amines) is 1. The summed E-state index contributed by atoms with van der Waals surface area (Å²) in [6, 6.07) is 6.32. The molecule has 1 unspecified atom stereocenters. The van der Waals surface area contributed by atoms with Crippen LogP contribution in [0.4, 0.5) is 0 Å². The van der Waals surface area contributed by atoms with E-state index in [2.05, 4.69) is 4.72 Å². The van der Waals surface area contributed by atoms with Gasteiger partial charge in [-0.3, -0.25) is 4.79 Å². The van der Waals surface area contributed by atoms with Gasteiger partial charge in [-0.2, -0.15) is 0 Å². The van der Waals surface area contributed by atoms with Crippen molar-refractivity contribution < 1.29 is 17.9 Å². The Morgan fingerprint density at radius 1 is 1.16 bits per heavy atom. The summed E-state index contributed by atoms with van der Waals surface area (Å²) < 4.78 is 33.1. The monoisotopic (exact) mass is 366 g/mol. The van der Waals surface area contributed by atoms with E-state index < -0.39 is 10.0 Å². The molecule has 2 heterocycles. The molecule has 0 saturated carbocycles. The highest BCUT2D eigenvalue weighted by Gasteiger charge is 2.22. The Labute approximate surface area is 149 Å². The van der Waals surface area contributed by atoms with Crippen molar-refractivity contribution in [3.63, 3.8) is 0 Å². The fourth-order valence-corrected chi connectivity index (χ4v) is 4.46. The van der Waals surface area contributed by atoms with Gasteiger partial charge in [0.1, 0.15) is 0 Å². The summed E-state index contributed by atoms with van der Waals surface area (Å²) in [5, 5.41) is 0. The normalized spacial score (nSPS) is 21.9. The second-order valence-electron chi connectivity index (χ2n) is 6.72. The van der Waals surface area contributed by atoms with Gasteiger partial charge in [-0.1, -0.05) is 18.9 Å². The molecule has 2 saturated heterocycles. The SMILES string of the molecule is O=C(c1cccc(S(=O)(=O)NCC2CCCO2)c1)N1CCCCCC1. The quantitative estimate of drug-likeness (QED) is 0.866. The van der Waals surface area contributed by atoms with Crippen molar-refractivity contribution >= 4 is 15.9 Å². The maximum atomic E-state index is 12.7. The summed E-state index contributed by atoms with van der Waals surface area (Å²) >= 11 is 0. The van der Waals surface area contributed by atoms with E-state index in [0.29, 0.717) is 12.2 Å². The van der Waals surface area contributed by atoms with Gasteiger partial charge in [-0.25, -0.2) is 13.1 Å². The summed E-state index contributed by atoms with van der Waals surface area (Å²) in [6.45, 7) is 2.44. The smallest absolute Gasteiger partial charge is 0.253 e. The molecule has 0 aromatic heterocycles. The lowest BCUT2D eigenvalue weighted by Gasteiger charge is -2.20. The van der Waals surface area contributed by atoms with Crippen molar-refractivity contribution in [1.82, 2.24) is 9.62 Å². The van der Waals surface area contributed by atoms with Crippen LogP contribution in [0, 0.1) is 0 Å². The lowest BCUT2D eigenvalue weighted by Crippen LogP contribution is -2.33. The van der Waals surface area contributed by atoms with Gasteiger partial charge in [0.2, 0.25) is 10.0 Å². The van der Waals surface area contributed by atoms with Crippen LogP contribution in [0.1, 0.15) is 48.9 Å². The Balaban J connectivity index is 1.70. The van der Waals surface area contributed by atoms with E-state index in [1.807, 2.05) is 4.90 Å². The molecule has 25 heavy (non-hydrogen) atoms. The van der Waals surface area contributed by atoms with Gasteiger partial charge >= 0.3 is 0 Å². The van der Waals surface area contributed by atoms with Gasteiger partial charge in [0.25, 0.3) is 5.91 Å². The van der Waals surface area contributed by atoms with Crippen molar-refractivity contribution in [2.45, 2.75) is 49.5 Å². The number of sulfonamides is 1. The first kappa shape index (κ1) is 18.4. The molecule has 1 atom stereocenters. The predicted molar refractivity (Wildman–Crippen MR) is 95.0 cm³/mol. The minimum absolute atomic E-state index is 0.0586. The van der Waals surface area contributed by atoms with Crippen LogP contribution in [0.2, 0.25) is 0 Å². The first-order chi connectivity index (χ1) is 12.1. The molecule has 0 bridgehead atoms. The molecule has 0 aliphatic carbocycles. The summed E-state index contributed by atoms with van der Waals surface area (Å²) in [6.07, 6.45) is 6.08. The number of ether oxygens (including phenoxy) is 1. The van der Waals surface area contributed by atoms with Gasteiger partial charge in [0.15, 0.2) is 0 Å². The highest BCUT2D eigenvalue weighted by atomic mass is 32.2. The topological polar surface area (TPSA) is 75.7 Å². The van der Waals surface area contributed by atoms with E-state index in [9.17, 15) is 13.2 Å². The minimum Gasteiger partial charge on any atom is -0.377 e. The van der Waals surface area contributed by atoms with E-state index in [1.165, 1.54) is 12.1 Å². The second kappa shape index (κ2) is 8.29. The van der Waals surface area contributed by atoms with Crippen LogP contribution in [0.3, 0.4) is 0 Å². The molecular formula is C18H26N2O4S. The number of nitrogens with one attached hydrogen (secondary N) is 1. The highest BCUT2D eigenvalue weighted by Crippen LogP contribution is 2.17. The van der Waals surface area contributed by atoms with Crippen LogP contribution >= 0.6 is 0 Å². The Bertz CT molecular complexity index is 691. The third kappa shape index (κ3) is 4.80. The van der Waals surface area contributed by atoms with Gasteiger partial charge in [0, 0.05) is 31.8 Å². The molecule has 1 amide bonds. The Kier molecular flexibility index (Phi) is 6.09. The summed E-state index contributed by atoms with van der Waals surface area (Å²) in [5.74, 6) is -0.0851. The molecule has 2 aliphatic heterocycles. The zero-order valence-electron chi connectivity index (χ0n) is 14.4. The van der Waals surface area contributed by atoms with Gasteiger partial charge in [-0.05, 0) is 43.9 Å². The maximum absolute atomic E-state index is 12.7. The van der Waals surface area contributed by atoms with Crippen molar-refractivity contribution in [3.8, 4) is 0 Å². The zero-order valence-corrected chi connectivity index (χ0v) is 15.3. The maximum Gasteiger partial charge on any atom is 0.253 e. The number of nitrogens with zero attached hydrogens (tertiary/aromatic N) is 1. The van der Waals surface area contributed by atoms with Crippen molar-refractivity contribution in [2.24, 2.45) is 0 Å². The van der Waals surface area contributed by atoms with Crippen LogP contribution in [-0.4, -0.2) is 51.6 Å². The number of carbonyl (C=O) groups excluding carboxylic acids is 1. The molecule has 138 valence electrons. The van der Waals surface area contributed by atoms with Gasteiger partial charge in [-0.15, -0.1) is 0 Å². The number of rotatable bonds is 5. The molecule has 3 rings (SSSR count). The fourth-order valence-electron chi connectivity index (χ4n) is 3.34. The van der Waals surface area contributed by atoms with E-state index in [-0.39, 0.29) is 23.5 Å². The summed E-state index contributed by atoms with van der Waals surface area (Å²) in [4.78, 5) is 14.7. The molecule has 0 spiro atoms. The van der Waals surface area contributed by atoms with E-state index >= 15 is 0 Å². The molecule has 6 nitrogen and oxygen atoms in total. The number of benzene rings is 1. The molecular weight excluding hydrogens is 340 g/mol. The third-order valence-electron chi connectivity index (χ3n) is 4.81. The second-order valence-corrected chi connectivity index (χ2v) is 8.49. The van der Waals surface area contributed by atoms with E-state index in [1.54, 1.807) is 12.1 Å². The van der Waals surface area contributed by atoms with Crippen LogP contribution in [0.25, 0.3) is 0 Å². The van der Waals surface area contributed by atoms with Crippen LogP contribution < -0.4 is 4.72 Å². The van der Waals surface area contributed by atoms with Crippen molar-refractivity contribution in [2.75, 3.05) is 26.2 Å². The Morgan fingerprint density at radius 3 is 2.60 bits per heavy atom.